The Hall–Kier alpha value is -1.59. The van der Waals surface area contributed by atoms with Gasteiger partial charge in [0.2, 0.25) is 15.9 Å². The van der Waals surface area contributed by atoms with E-state index >= 15 is 0 Å². The number of sulfonamides is 1. The van der Waals surface area contributed by atoms with Crippen LogP contribution in [0, 0.1) is 5.92 Å². The summed E-state index contributed by atoms with van der Waals surface area (Å²) in [5.41, 5.74) is 0.867. The lowest BCUT2D eigenvalue weighted by atomic mass is 9.97. The van der Waals surface area contributed by atoms with Crippen LogP contribution in [-0.4, -0.2) is 49.2 Å². The van der Waals surface area contributed by atoms with E-state index in [1.807, 2.05) is 36.8 Å². The van der Waals surface area contributed by atoms with Crippen molar-refractivity contribution in [1.29, 1.82) is 0 Å². The third-order valence-corrected chi connectivity index (χ3v) is 9.88. The molecule has 2 aromatic carbocycles. The number of anilines is 1. The number of amides is 1. The first-order valence-corrected chi connectivity index (χ1v) is 14.5. The fraction of sp³-hybridized carbons (Fsp3) is 0.333. The van der Waals surface area contributed by atoms with Crippen LogP contribution in [0.2, 0.25) is 0 Å². The number of piperidine rings is 1. The predicted molar refractivity (Wildman–Crippen MR) is 130 cm³/mol. The molecule has 0 radical (unpaired) electrons. The van der Waals surface area contributed by atoms with Crippen LogP contribution in [-0.2, 0) is 14.8 Å². The molecule has 10 heteroatoms. The molecule has 1 aliphatic heterocycles. The van der Waals surface area contributed by atoms with Gasteiger partial charge in [0.25, 0.3) is 0 Å². The Kier molecular flexibility index (Phi) is 6.92. The zero-order valence-electron chi connectivity index (χ0n) is 17.2. The molecule has 0 saturated carbocycles. The molecule has 0 aliphatic carbocycles. The molecule has 6 nitrogen and oxygen atoms in total. The number of hydrogen-bond donors (Lipinski definition) is 1. The van der Waals surface area contributed by atoms with Gasteiger partial charge in [0.05, 0.1) is 15.1 Å². The summed E-state index contributed by atoms with van der Waals surface area (Å²) in [6.45, 7) is 0.667. The summed E-state index contributed by atoms with van der Waals surface area (Å²) in [5, 5.41) is 3.52. The minimum Gasteiger partial charge on any atom is -0.302 e. The molecule has 0 unspecified atom stereocenters. The fourth-order valence-electron chi connectivity index (χ4n) is 3.62. The van der Waals surface area contributed by atoms with E-state index < -0.39 is 10.0 Å². The third kappa shape index (κ3) is 4.78. The average Bonchev–Trinajstić information content (AvgIpc) is 3.20. The second kappa shape index (κ2) is 9.50. The maximum Gasteiger partial charge on any atom is 0.244 e. The van der Waals surface area contributed by atoms with Crippen LogP contribution in [0.15, 0.2) is 57.2 Å². The highest BCUT2D eigenvalue weighted by Crippen LogP contribution is 2.32. The Balaban J connectivity index is 1.41. The molecule has 1 aliphatic rings. The molecule has 31 heavy (non-hydrogen) atoms. The van der Waals surface area contributed by atoms with E-state index in [-0.39, 0.29) is 11.8 Å². The van der Waals surface area contributed by atoms with Gasteiger partial charge in [0.15, 0.2) is 5.13 Å². The summed E-state index contributed by atoms with van der Waals surface area (Å²) in [4.78, 5) is 19.5. The number of nitrogens with one attached hydrogen (secondary N) is 1. The number of fused-ring (bicyclic) bond motifs is 1. The molecule has 1 saturated heterocycles. The quantitative estimate of drug-likeness (QED) is 0.498. The van der Waals surface area contributed by atoms with Gasteiger partial charge in [0.1, 0.15) is 0 Å². The summed E-state index contributed by atoms with van der Waals surface area (Å²) < 4.78 is 28.7. The lowest BCUT2D eigenvalue weighted by Gasteiger charge is -2.30. The molecule has 0 spiro atoms. The van der Waals surface area contributed by atoms with E-state index in [1.54, 1.807) is 23.9 Å². The van der Waals surface area contributed by atoms with Crippen molar-refractivity contribution >= 4 is 66.1 Å². The Morgan fingerprint density at radius 1 is 1.13 bits per heavy atom. The summed E-state index contributed by atoms with van der Waals surface area (Å²) >= 11 is 4.55. The molecule has 0 atom stereocenters. The molecule has 1 aromatic heterocycles. The maximum absolute atomic E-state index is 13.1. The zero-order valence-corrected chi connectivity index (χ0v) is 20.5. The van der Waals surface area contributed by atoms with Gasteiger partial charge in [-0.1, -0.05) is 23.5 Å². The number of thiazole rings is 1. The number of nitrogens with zero attached hydrogens (tertiary/aromatic N) is 2. The molecule has 2 heterocycles. The van der Waals surface area contributed by atoms with Crippen molar-refractivity contribution in [3.05, 3.63) is 42.5 Å². The molecule has 1 amide bonds. The van der Waals surface area contributed by atoms with Crippen molar-refractivity contribution in [3.63, 3.8) is 0 Å². The minimum absolute atomic E-state index is 0.0919. The second-order valence-electron chi connectivity index (χ2n) is 7.17. The standard InChI is InChI=1S/C21H23N3O3S4/c1-28-15-7-8-16-18(13-15)30-21(22-16)23-20(25)14-9-11-24(12-10-14)31(26,27)19-6-4-3-5-17(19)29-2/h3-8,13-14H,9-12H2,1-2H3,(H,22,23,25). The Morgan fingerprint density at radius 2 is 1.87 bits per heavy atom. The zero-order chi connectivity index (χ0) is 22.0. The van der Waals surface area contributed by atoms with E-state index in [9.17, 15) is 13.2 Å². The van der Waals surface area contributed by atoms with Crippen molar-refractivity contribution in [1.82, 2.24) is 9.29 Å². The Morgan fingerprint density at radius 3 is 2.58 bits per heavy atom. The van der Waals surface area contributed by atoms with E-state index in [4.69, 9.17) is 0 Å². The molecule has 1 N–H and O–H groups in total. The van der Waals surface area contributed by atoms with Crippen LogP contribution in [0.25, 0.3) is 10.2 Å². The van der Waals surface area contributed by atoms with E-state index in [1.165, 1.54) is 27.4 Å². The van der Waals surface area contributed by atoms with Crippen molar-refractivity contribution in [2.24, 2.45) is 5.92 Å². The third-order valence-electron chi connectivity index (χ3n) is 5.34. The monoisotopic (exact) mass is 493 g/mol. The lowest BCUT2D eigenvalue weighted by molar-refractivity contribution is -0.120. The molecular weight excluding hydrogens is 471 g/mol. The van der Waals surface area contributed by atoms with E-state index in [0.29, 0.717) is 36.0 Å². The molecule has 0 bridgehead atoms. The molecule has 4 rings (SSSR count). The lowest BCUT2D eigenvalue weighted by Crippen LogP contribution is -2.41. The van der Waals surface area contributed by atoms with Crippen LogP contribution in [0.5, 0.6) is 0 Å². The van der Waals surface area contributed by atoms with Gasteiger partial charge >= 0.3 is 0 Å². The minimum atomic E-state index is -3.57. The number of aromatic nitrogens is 1. The Labute approximate surface area is 194 Å². The summed E-state index contributed by atoms with van der Waals surface area (Å²) in [5.74, 6) is -0.318. The van der Waals surface area contributed by atoms with Gasteiger partial charge < -0.3 is 5.32 Å². The van der Waals surface area contributed by atoms with Gasteiger partial charge in [-0.2, -0.15) is 4.31 Å². The van der Waals surface area contributed by atoms with Gasteiger partial charge in [-0.05, 0) is 55.7 Å². The van der Waals surface area contributed by atoms with Crippen LogP contribution in [0.4, 0.5) is 5.13 Å². The first-order valence-electron chi connectivity index (χ1n) is 9.81. The highest BCUT2D eigenvalue weighted by molar-refractivity contribution is 7.99. The van der Waals surface area contributed by atoms with Gasteiger partial charge in [-0.25, -0.2) is 13.4 Å². The number of benzene rings is 2. The van der Waals surface area contributed by atoms with E-state index in [0.717, 1.165) is 20.0 Å². The smallest absolute Gasteiger partial charge is 0.244 e. The second-order valence-corrected chi connectivity index (χ2v) is 11.8. The molecule has 3 aromatic rings. The highest BCUT2D eigenvalue weighted by atomic mass is 32.2. The van der Waals surface area contributed by atoms with Crippen LogP contribution >= 0.6 is 34.9 Å². The van der Waals surface area contributed by atoms with Crippen molar-refractivity contribution in [2.45, 2.75) is 27.5 Å². The number of thioether (sulfide) groups is 2. The number of rotatable bonds is 6. The summed E-state index contributed by atoms with van der Waals surface area (Å²) in [6, 6.07) is 13.1. The van der Waals surface area contributed by atoms with Gasteiger partial charge in [-0.15, -0.1) is 23.5 Å². The number of hydrogen-bond acceptors (Lipinski definition) is 7. The largest absolute Gasteiger partial charge is 0.302 e. The van der Waals surface area contributed by atoms with Crippen LogP contribution in [0.3, 0.4) is 0 Å². The summed E-state index contributed by atoms with van der Waals surface area (Å²) in [7, 11) is -3.57. The maximum atomic E-state index is 13.1. The van der Waals surface area contributed by atoms with Crippen molar-refractivity contribution < 1.29 is 13.2 Å². The topological polar surface area (TPSA) is 79.4 Å². The number of carbonyl (C=O) groups is 1. The predicted octanol–water partition coefficient (Wildman–Crippen LogP) is 4.78. The van der Waals surface area contributed by atoms with Crippen molar-refractivity contribution in [3.8, 4) is 0 Å². The first kappa shape index (κ1) is 22.6. The fourth-order valence-corrected chi connectivity index (χ4v) is 7.64. The normalized spacial score (nSPS) is 15.9. The van der Waals surface area contributed by atoms with E-state index in [2.05, 4.69) is 16.4 Å². The van der Waals surface area contributed by atoms with Crippen LogP contribution in [0.1, 0.15) is 12.8 Å². The van der Waals surface area contributed by atoms with Gasteiger partial charge in [-0.3, -0.25) is 4.79 Å². The van der Waals surface area contributed by atoms with Crippen molar-refractivity contribution in [2.75, 3.05) is 30.9 Å². The molecule has 164 valence electrons. The molecule has 1 fully saturated rings. The van der Waals surface area contributed by atoms with Gasteiger partial charge in [0, 0.05) is 28.8 Å². The SMILES string of the molecule is CSc1ccc2nc(NC(=O)C3CCN(S(=O)(=O)c4ccccc4SC)CC3)sc2c1. The first-order chi connectivity index (χ1) is 14.9. The Bertz CT molecular complexity index is 1200. The average molecular weight is 494 g/mol. The molecular formula is C21H23N3O3S4. The van der Waals surface area contributed by atoms with Crippen LogP contribution < -0.4 is 5.32 Å². The summed E-state index contributed by atoms with van der Waals surface area (Å²) in [6.07, 6.45) is 4.88. The number of carbonyl (C=O) groups excluding carboxylic acids is 1. The highest BCUT2D eigenvalue weighted by Gasteiger charge is 2.33.